The Morgan fingerprint density at radius 1 is 1.20 bits per heavy atom. The number of hydrogen-bond acceptors (Lipinski definition) is 7. The maximum absolute atomic E-state index is 13.1. The molecule has 1 aliphatic carbocycles. The zero-order valence-corrected chi connectivity index (χ0v) is 20.9. The minimum absolute atomic E-state index is 0.0209. The number of amides is 1. The van der Waals surface area contributed by atoms with Crippen molar-refractivity contribution in [1.82, 2.24) is 19.8 Å². The summed E-state index contributed by atoms with van der Waals surface area (Å²) in [7, 11) is 0. The summed E-state index contributed by atoms with van der Waals surface area (Å²) in [5.74, 6) is 2.61. The number of nitrogens with one attached hydrogen (secondary N) is 1. The normalized spacial score (nSPS) is 23.2. The monoisotopic (exact) mass is 494 g/mol. The van der Waals surface area contributed by atoms with Crippen molar-refractivity contribution in [1.29, 1.82) is 0 Å². The van der Waals surface area contributed by atoms with E-state index in [-0.39, 0.29) is 24.1 Å². The van der Waals surface area contributed by atoms with Crippen molar-refractivity contribution in [3.8, 4) is 11.5 Å². The van der Waals surface area contributed by atoms with E-state index in [4.69, 9.17) is 14.5 Å². The summed E-state index contributed by atoms with van der Waals surface area (Å²) >= 11 is 1.68. The molecule has 184 valence electrons. The maximum atomic E-state index is 13.1. The Morgan fingerprint density at radius 2 is 1.97 bits per heavy atom. The summed E-state index contributed by atoms with van der Waals surface area (Å²) in [6.45, 7) is 7.18. The minimum Gasteiger partial charge on any atom is -0.485 e. The number of H-pyrrole nitrogens is 1. The zero-order chi connectivity index (χ0) is 24.1. The molecule has 2 aliphatic heterocycles. The number of aromatic nitrogens is 2. The second kappa shape index (κ2) is 8.95. The van der Waals surface area contributed by atoms with Crippen LogP contribution in [0.2, 0.25) is 0 Å². The van der Waals surface area contributed by atoms with Crippen molar-refractivity contribution in [2.75, 3.05) is 32.8 Å². The van der Waals surface area contributed by atoms with Crippen molar-refractivity contribution in [3.63, 3.8) is 0 Å². The predicted octanol–water partition coefficient (Wildman–Crippen LogP) is 3.15. The third-order valence-corrected chi connectivity index (χ3v) is 8.69. The topological polar surface area (TPSA) is 87.8 Å². The number of aromatic amines is 1. The number of benzene rings is 1. The van der Waals surface area contributed by atoms with E-state index in [2.05, 4.69) is 23.7 Å². The van der Waals surface area contributed by atoms with Gasteiger partial charge in [-0.25, -0.2) is 4.98 Å². The van der Waals surface area contributed by atoms with Gasteiger partial charge in [-0.15, -0.1) is 11.3 Å². The van der Waals surface area contributed by atoms with E-state index >= 15 is 0 Å². The second-order valence-electron chi connectivity index (χ2n) is 9.88. The van der Waals surface area contributed by atoms with Crippen LogP contribution in [0, 0.1) is 5.92 Å². The predicted molar refractivity (Wildman–Crippen MR) is 134 cm³/mol. The standard InChI is InChI=1S/C26H30N4O4S/c1-15-7-8-17-21(13-15)35-25-22(17)24(31)27-23(28-25)16(2)29-9-11-30(12-10-29)26(32)20-14-33-18-5-3-4-6-19(18)34-20/h3-6,15-16,20H,7-14H2,1-2H3,(H,27,28,31)/t15-,16+,20-/m1/s1. The number of aryl methyl sites for hydroxylation is 1. The van der Waals surface area contributed by atoms with Gasteiger partial charge in [0.1, 0.15) is 17.3 Å². The number of carbonyl (C=O) groups is 1. The molecule has 0 saturated carbocycles. The number of carbonyl (C=O) groups excluding carboxylic acids is 1. The summed E-state index contributed by atoms with van der Waals surface area (Å²) in [4.78, 5) is 40.4. The molecule has 3 aromatic rings. The quantitative estimate of drug-likeness (QED) is 0.602. The maximum Gasteiger partial charge on any atom is 0.267 e. The van der Waals surface area contributed by atoms with Crippen molar-refractivity contribution in [3.05, 3.63) is 50.9 Å². The minimum atomic E-state index is -0.623. The number of para-hydroxylation sites is 2. The third-order valence-electron chi connectivity index (χ3n) is 7.54. The van der Waals surface area contributed by atoms with Gasteiger partial charge in [0.15, 0.2) is 11.5 Å². The molecule has 1 aromatic carbocycles. The average Bonchev–Trinajstić information content (AvgIpc) is 3.25. The number of piperazine rings is 1. The molecule has 9 heteroatoms. The Morgan fingerprint density at radius 3 is 2.77 bits per heavy atom. The van der Waals surface area contributed by atoms with Crippen LogP contribution in [0.1, 0.15) is 42.6 Å². The molecule has 1 amide bonds. The van der Waals surface area contributed by atoms with Crippen molar-refractivity contribution in [2.24, 2.45) is 5.92 Å². The van der Waals surface area contributed by atoms with E-state index in [0.717, 1.165) is 29.5 Å². The molecule has 35 heavy (non-hydrogen) atoms. The molecular weight excluding hydrogens is 464 g/mol. The Kier molecular flexibility index (Phi) is 5.76. The number of rotatable bonds is 3. The van der Waals surface area contributed by atoms with Gasteiger partial charge in [-0.05, 0) is 49.8 Å². The summed E-state index contributed by atoms with van der Waals surface area (Å²) in [6.07, 6.45) is 2.51. The van der Waals surface area contributed by atoms with E-state index in [1.54, 1.807) is 11.3 Å². The summed E-state index contributed by atoms with van der Waals surface area (Å²) in [5.41, 5.74) is 1.19. The first-order chi connectivity index (χ1) is 17.0. The first-order valence-corrected chi connectivity index (χ1v) is 13.3. The summed E-state index contributed by atoms with van der Waals surface area (Å²) in [5, 5.41) is 0.791. The fraction of sp³-hybridized carbons (Fsp3) is 0.500. The number of ether oxygens (including phenoxy) is 2. The van der Waals surface area contributed by atoms with Gasteiger partial charge in [0, 0.05) is 31.1 Å². The molecule has 1 N–H and O–H groups in total. The highest BCUT2D eigenvalue weighted by Crippen LogP contribution is 2.36. The molecule has 1 saturated heterocycles. The van der Waals surface area contributed by atoms with Crippen LogP contribution in [0.25, 0.3) is 10.2 Å². The van der Waals surface area contributed by atoms with Gasteiger partial charge in [0.05, 0.1) is 11.4 Å². The Hall–Kier alpha value is -2.91. The van der Waals surface area contributed by atoms with Crippen LogP contribution < -0.4 is 15.0 Å². The van der Waals surface area contributed by atoms with Crippen LogP contribution in [0.3, 0.4) is 0 Å². The number of nitrogens with zero attached hydrogens (tertiary/aromatic N) is 3. The molecule has 4 heterocycles. The zero-order valence-electron chi connectivity index (χ0n) is 20.1. The largest absolute Gasteiger partial charge is 0.485 e. The van der Waals surface area contributed by atoms with Crippen LogP contribution in [0.5, 0.6) is 11.5 Å². The molecule has 6 rings (SSSR count). The van der Waals surface area contributed by atoms with Gasteiger partial charge < -0.3 is 19.4 Å². The van der Waals surface area contributed by atoms with Crippen LogP contribution in [-0.2, 0) is 17.6 Å². The first-order valence-electron chi connectivity index (χ1n) is 12.4. The lowest BCUT2D eigenvalue weighted by molar-refractivity contribution is -0.143. The lowest BCUT2D eigenvalue weighted by Gasteiger charge is -2.39. The van der Waals surface area contributed by atoms with E-state index in [9.17, 15) is 9.59 Å². The smallest absolute Gasteiger partial charge is 0.267 e. The van der Waals surface area contributed by atoms with Crippen molar-refractivity contribution in [2.45, 2.75) is 45.3 Å². The highest BCUT2D eigenvalue weighted by atomic mass is 32.1. The molecular formula is C26H30N4O4S. The van der Waals surface area contributed by atoms with E-state index in [1.807, 2.05) is 29.2 Å². The van der Waals surface area contributed by atoms with Crippen LogP contribution >= 0.6 is 11.3 Å². The molecule has 0 spiro atoms. The molecule has 0 unspecified atom stereocenters. The molecule has 3 aliphatic rings. The Labute approximate surface area is 207 Å². The van der Waals surface area contributed by atoms with E-state index in [0.29, 0.717) is 49.4 Å². The van der Waals surface area contributed by atoms with Gasteiger partial charge in [0.25, 0.3) is 11.5 Å². The van der Waals surface area contributed by atoms with Gasteiger partial charge in [-0.1, -0.05) is 19.1 Å². The van der Waals surface area contributed by atoms with Crippen molar-refractivity contribution >= 4 is 27.5 Å². The van der Waals surface area contributed by atoms with Gasteiger partial charge in [-0.2, -0.15) is 0 Å². The molecule has 0 radical (unpaired) electrons. The number of hydrogen-bond donors (Lipinski definition) is 1. The molecule has 3 atom stereocenters. The third kappa shape index (κ3) is 4.10. The molecule has 1 fully saturated rings. The first kappa shape index (κ1) is 22.5. The summed E-state index contributed by atoms with van der Waals surface area (Å²) in [6, 6.07) is 7.39. The Bertz CT molecular complexity index is 1330. The highest BCUT2D eigenvalue weighted by Gasteiger charge is 2.34. The summed E-state index contributed by atoms with van der Waals surface area (Å²) < 4.78 is 11.6. The van der Waals surface area contributed by atoms with Gasteiger partial charge in [0.2, 0.25) is 6.10 Å². The van der Waals surface area contributed by atoms with Crippen LogP contribution in [-0.4, -0.2) is 64.6 Å². The SMILES string of the molecule is C[C@@H]1CCc2c(sc3nc([C@H](C)N4CCN(C(=O)[C@H]5COc6ccccc6O5)CC4)[nH]c(=O)c23)C1. The highest BCUT2D eigenvalue weighted by molar-refractivity contribution is 7.18. The average molecular weight is 495 g/mol. The molecule has 8 nitrogen and oxygen atoms in total. The van der Waals surface area contributed by atoms with Gasteiger partial charge in [-0.3, -0.25) is 14.5 Å². The van der Waals surface area contributed by atoms with Crippen LogP contribution in [0.15, 0.2) is 29.1 Å². The van der Waals surface area contributed by atoms with Gasteiger partial charge >= 0.3 is 0 Å². The van der Waals surface area contributed by atoms with Crippen LogP contribution in [0.4, 0.5) is 0 Å². The fourth-order valence-corrected chi connectivity index (χ4v) is 6.80. The van der Waals surface area contributed by atoms with E-state index in [1.165, 1.54) is 10.4 Å². The lowest BCUT2D eigenvalue weighted by Crippen LogP contribution is -2.54. The fourth-order valence-electron chi connectivity index (χ4n) is 5.41. The van der Waals surface area contributed by atoms with E-state index < -0.39 is 6.10 Å². The van der Waals surface area contributed by atoms with Crippen molar-refractivity contribution < 1.29 is 14.3 Å². The number of fused-ring (bicyclic) bond motifs is 4. The molecule has 2 aromatic heterocycles. The second-order valence-corrected chi connectivity index (χ2v) is 11.0. The molecule has 0 bridgehead atoms. The lowest BCUT2D eigenvalue weighted by atomic mass is 9.89. The Balaban J connectivity index is 1.13. The number of thiophene rings is 1.